The van der Waals surface area contributed by atoms with Gasteiger partial charge in [-0.1, -0.05) is 17.7 Å². The fraction of sp³-hybridized carbons (Fsp3) is 0.200. The third-order valence-corrected chi connectivity index (χ3v) is 2.07. The highest BCUT2D eigenvalue weighted by Gasteiger charge is 2.01. The summed E-state index contributed by atoms with van der Waals surface area (Å²) in [6, 6.07) is 7.47. The standard InChI is InChI=1S/C10H10ClN3O/c1-7-13-14-10(15-7)6-12-9-4-2-3-8(11)5-9/h2-5,12H,6H2,1H3. The molecule has 2 rings (SSSR count). The molecular weight excluding hydrogens is 214 g/mol. The molecule has 1 heterocycles. The summed E-state index contributed by atoms with van der Waals surface area (Å²) in [4.78, 5) is 0. The Labute approximate surface area is 92.3 Å². The van der Waals surface area contributed by atoms with Crippen LogP contribution in [0.3, 0.4) is 0 Å². The van der Waals surface area contributed by atoms with Crippen molar-refractivity contribution in [1.82, 2.24) is 10.2 Å². The normalized spacial score (nSPS) is 10.3. The summed E-state index contributed by atoms with van der Waals surface area (Å²) in [5.41, 5.74) is 0.929. The maximum atomic E-state index is 5.84. The quantitative estimate of drug-likeness (QED) is 0.869. The van der Waals surface area contributed by atoms with Crippen LogP contribution < -0.4 is 5.32 Å². The van der Waals surface area contributed by atoms with Crippen LogP contribution >= 0.6 is 11.6 Å². The fourth-order valence-electron chi connectivity index (χ4n) is 1.19. The van der Waals surface area contributed by atoms with Crippen LogP contribution in [0.1, 0.15) is 11.8 Å². The van der Waals surface area contributed by atoms with Gasteiger partial charge < -0.3 is 9.73 Å². The number of halogens is 1. The number of aryl methyl sites for hydroxylation is 1. The van der Waals surface area contributed by atoms with Crippen molar-refractivity contribution in [2.45, 2.75) is 13.5 Å². The molecule has 1 N–H and O–H groups in total. The number of rotatable bonds is 3. The van der Waals surface area contributed by atoms with Gasteiger partial charge in [0.25, 0.3) is 0 Å². The number of anilines is 1. The van der Waals surface area contributed by atoms with Gasteiger partial charge in [0, 0.05) is 17.6 Å². The molecule has 0 fully saturated rings. The molecule has 0 saturated carbocycles. The van der Waals surface area contributed by atoms with Gasteiger partial charge in [0.2, 0.25) is 11.8 Å². The average Bonchev–Trinajstić information content (AvgIpc) is 2.62. The van der Waals surface area contributed by atoms with Gasteiger partial charge in [0.15, 0.2) is 0 Å². The van der Waals surface area contributed by atoms with Crippen molar-refractivity contribution in [2.75, 3.05) is 5.32 Å². The Morgan fingerprint density at radius 2 is 2.27 bits per heavy atom. The minimum absolute atomic E-state index is 0.501. The summed E-state index contributed by atoms with van der Waals surface area (Å²) in [5, 5.41) is 11.4. The van der Waals surface area contributed by atoms with E-state index < -0.39 is 0 Å². The number of nitrogens with zero attached hydrogens (tertiary/aromatic N) is 2. The number of aromatic nitrogens is 2. The second kappa shape index (κ2) is 4.31. The second-order valence-electron chi connectivity index (χ2n) is 3.08. The Bertz CT molecular complexity index is 455. The summed E-state index contributed by atoms with van der Waals surface area (Å²) >= 11 is 5.84. The van der Waals surface area contributed by atoms with Gasteiger partial charge in [-0.3, -0.25) is 0 Å². The first kappa shape index (κ1) is 9.98. The summed E-state index contributed by atoms with van der Waals surface area (Å²) in [6.45, 7) is 2.26. The molecule has 0 aliphatic heterocycles. The Hall–Kier alpha value is -1.55. The van der Waals surface area contributed by atoms with Gasteiger partial charge in [-0.15, -0.1) is 10.2 Å². The molecule has 4 nitrogen and oxygen atoms in total. The van der Waals surface area contributed by atoms with E-state index in [1.807, 2.05) is 24.3 Å². The second-order valence-corrected chi connectivity index (χ2v) is 3.52. The highest BCUT2D eigenvalue weighted by Crippen LogP contribution is 2.15. The van der Waals surface area contributed by atoms with Crippen LogP contribution in [0.15, 0.2) is 28.7 Å². The zero-order valence-electron chi connectivity index (χ0n) is 8.20. The van der Waals surface area contributed by atoms with E-state index in [9.17, 15) is 0 Å². The zero-order valence-corrected chi connectivity index (χ0v) is 8.95. The molecular formula is C10H10ClN3O. The van der Waals surface area contributed by atoms with E-state index in [0.29, 0.717) is 23.3 Å². The molecule has 0 aliphatic carbocycles. The molecule has 0 amide bonds. The largest absolute Gasteiger partial charge is 0.424 e. The molecule has 5 heteroatoms. The molecule has 0 radical (unpaired) electrons. The Morgan fingerprint density at radius 3 is 2.93 bits per heavy atom. The molecule has 0 unspecified atom stereocenters. The summed E-state index contributed by atoms with van der Waals surface area (Å²) < 4.78 is 5.22. The Morgan fingerprint density at radius 1 is 1.40 bits per heavy atom. The maximum Gasteiger partial charge on any atom is 0.235 e. The van der Waals surface area contributed by atoms with Crippen molar-refractivity contribution >= 4 is 17.3 Å². The predicted molar refractivity (Wildman–Crippen MR) is 57.8 cm³/mol. The Kier molecular flexibility index (Phi) is 2.87. The maximum absolute atomic E-state index is 5.84. The highest BCUT2D eigenvalue weighted by atomic mass is 35.5. The topological polar surface area (TPSA) is 51.0 Å². The van der Waals surface area contributed by atoms with E-state index in [-0.39, 0.29) is 0 Å². The molecule has 78 valence electrons. The highest BCUT2D eigenvalue weighted by molar-refractivity contribution is 6.30. The zero-order chi connectivity index (χ0) is 10.7. The van der Waals surface area contributed by atoms with E-state index in [1.54, 1.807) is 6.92 Å². The lowest BCUT2D eigenvalue weighted by molar-refractivity contribution is 0.475. The lowest BCUT2D eigenvalue weighted by Gasteiger charge is -2.02. The van der Waals surface area contributed by atoms with Crippen LogP contribution in [-0.4, -0.2) is 10.2 Å². The van der Waals surface area contributed by atoms with Crippen LogP contribution in [0, 0.1) is 6.92 Å². The molecule has 15 heavy (non-hydrogen) atoms. The Balaban J connectivity index is 1.99. The number of hydrogen-bond donors (Lipinski definition) is 1. The van der Waals surface area contributed by atoms with Gasteiger partial charge >= 0.3 is 0 Å². The van der Waals surface area contributed by atoms with E-state index >= 15 is 0 Å². The summed E-state index contributed by atoms with van der Waals surface area (Å²) in [7, 11) is 0. The molecule has 0 aliphatic rings. The first-order valence-electron chi connectivity index (χ1n) is 4.52. The lowest BCUT2D eigenvalue weighted by Crippen LogP contribution is -1.99. The van der Waals surface area contributed by atoms with Crippen LogP contribution in [0.5, 0.6) is 0 Å². The number of benzene rings is 1. The summed E-state index contributed by atoms with van der Waals surface area (Å²) in [6.07, 6.45) is 0. The molecule has 1 aromatic heterocycles. The van der Waals surface area contributed by atoms with Crippen molar-refractivity contribution in [1.29, 1.82) is 0 Å². The first-order valence-corrected chi connectivity index (χ1v) is 4.90. The van der Waals surface area contributed by atoms with Crippen LogP contribution in [0.2, 0.25) is 5.02 Å². The fourth-order valence-corrected chi connectivity index (χ4v) is 1.38. The van der Waals surface area contributed by atoms with E-state index in [4.69, 9.17) is 16.0 Å². The third-order valence-electron chi connectivity index (χ3n) is 1.84. The van der Waals surface area contributed by atoms with Gasteiger partial charge in [0.1, 0.15) is 0 Å². The summed E-state index contributed by atoms with van der Waals surface area (Å²) in [5.74, 6) is 1.13. The van der Waals surface area contributed by atoms with Gasteiger partial charge in [-0.05, 0) is 18.2 Å². The lowest BCUT2D eigenvalue weighted by atomic mass is 10.3. The monoisotopic (exact) mass is 223 g/mol. The number of hydrogen-bond acceptors (Lipinski definition) is 4. The minimum Gasteiger partial charge on any atom is -0.424 e. The minimum atomic E-state index is 0.501. The average molecular weight is 224 g/mol. The molecule has 2 aromatic rings. The molecule has 1 aromatic carbocycles. The van der Waals surface area contributed by atoms with E-state index in [2.05, 4.69) is 15.5 Å². The molecule has 0 atom stereocenters. The van der Waals surface area contributed by atoms with Crippen molar-refractivity contribution in [2.24, 2.45) is 0 Å². The molecule has 0 bridgehead atoms. The van der Waals surface area contributed by atoms with Crippen LogP contribution in [0.4, 0.5) is 5.69 Å². The van der Waals surface area contributed by atoms with Crippen molar-refractivity contribution < 1.29 is 4.42 Å². The van der Waals surface area contributed by atoms with Crippen molar-refractivity contribution in [3.05, 3.63) is 41.1 Å². The smallest absolute Gasteiger partial charge is 0.235 e. The predicted octanol–water partition coefficient (Wildman–Crippen LogP) is 2.64. The van der Waals surface area contributed by atoms with E-state index in [0.717, 1.165) is 5.69 Å². The van der Waals surface area contributed by atoms with Crippen molar-refractivity contribution in [3.63, 3.8) is 0 Å². The van der Waals surface area contributed by atoms with Gasteiger partial charge in [0.05, 0.1) is 6.54 Å². The molecule has 0 saturated heterocycles. The van der Waals surface area contributed by atoms with Crippen LogP contribution in [0.25, 0.3) is 0 Å². The molecule has 0 spiro atoms. The van der Waals surface area contributed by atoms with Crippen molar-refractivity contribution in [3.8, 4) is 0 Å². The van der Waals surface area contributed by atoms with Gasteiger partial charge in [-0.2, -0.15) is 0 Å². The third kappa shape index (κ3) is 2.70. The van der Waals surface area contributed by atoms with E-state index in [1.165, 1.54) is 0 Å². The number of nitrogens with one attached hydrogen (secondary N) is 1. The van der Waals surface area contributed by atoms with Crippen LogP contribution in [-0.2, 0) is 6.54 Å². The van der Waals surface area contributed by atoms with Gasteiger partial charge in [-0.25, -0.2) is 0 Å². The SMILES string of the molecule is Cc1nnc(CNc2cccc(Cl)c2)o1. The first-order chi connectivity index (χ1) is 7.24.